The number of hydrogen-bond donors (Lipinski definition) is 4. The number of aromatic amines is 1. The van der Waals surface area contributed by atoms with Crippen LogP contribution in [-0.4, -0.2) is 94.0 Å². The second-order valence-corrected chi connectivity index (χ2v) is 17.5. The van der Waals surface area contributed by atoms with Crippen molar-refractivity contribution in [1.82, 2.24) is 45.5 Å². The number of nitrogens with zero attached hydrogens (tertiary/aromatic N) is 8. The molecular weight excluding hydrogens is 805 g/mol. The van der Waals surface area contributed by atoms with Crippen molar-refractivity contribution in [3.05, 3.63) is 107 Å². The molecule has 2 aliphatic heterocycles. The van der Waals surface area contributed by atoms with E-state index in [1.807, 2.05) is 75.7 Å². The maximum Gasteiger partial charge on any atom is 0.243 e. The van der Waals surface area contributed by atoms with Gasteiger partial charge >= 0.3 is 0 Å². The number of phenols is 1. The third-order valence-electron chi connectivity index (χ3n) is 12.1. The Morgan fingerprint density at radius 1 is 0.935 bits per heavy atom. The van der Waals surface area contributed by atoms with Crippen LogP contribution in [0.2, 0.25) is 0 Å². The van der Waals surface area contributed by atoms with Gasteiger partial charge < -0.3 is 34.8 Å². The molecular formula is C46H48N10O5S. The predicted molar refractivity (Wildman–Crippen MR) is 235 cm³/mol. The number of phenolic OH excluding ortho intramolecular Hbond substituents is 1. The number of rotatable bonds is 11. The Balaban J connectivity index is 0.824. The van der Waals surface area contributed by atoms with E-state index in [4.69, 9.17) is 4.52 Å². The van der Waals surface area contributed by atoms with Crippen LogP contribution in [0.3, 0.4) is 0 Å². The van der Waals surface area contributed by atoms with Crippen LogP contribution in [0.15, 0.2) is 89.2 Å². The van der Waals surface area contributed by atoms with E-state index in [0.717, 1.165) is 64.4 Å². The van der Waals surface area contributed by atoms with Gasteiger partial charge in [-0.3, -0.25) is 9.59 Å². The molecule has 4 N–H and O–H groups in total. The fourth-order valence-corrected chi connectivity index (χ4v) is 9.49. The third kappa shape index (κ3) is 8.14. The molecule has 62 heavy (non-hydrogen) atoms. The second-order valence-electron chi connectivity index (χ2n) is 16.7. The highest BCUT2D eigenvalue weighted by atomic mass is 32.1. The molecule has 2 aliphatic rings. The monoisotopic (exact) mass is 852 g/mol. The number of likely N-dealkylation sites (tertiary alicyclic amines) is 1. The molecule has 0 bridgehead atoms. The van der Waals surface area contributed by atoms with Crippen molar-refractivity contribution in [3.8, 4) is 38.7 Å². The minimum Gasteiger partial charge on any atom is -0.507 e. The van der Waals surface area contributed by atoms with E-state index in [9.17, 15) is 19.8 Å². The summed E-state index contributed by atoms with van der Waals surface area (Å²) in [6, 6.07) is 19.7. The van der Waals surface area contributed by atoms with Crippen LogP contribution in [0.1, 0.15) is 80.6 Å². The molecule has 0 saturated carbocycles. The summed E-state index contributed by atoms with van der Waals surface area (Å²) in [5.41, 5.74) is 9.96. The number of para-hydroxylation sites is 1. The molecule has 15 nitrogen and oxygen atoms in total. The molecule has 7 aromatic rings. The fraction of sp³-hybridized carbons (Fsp3) is 0.348. The number of piperidine rings is 1. The van der Waals surface area contributed by atoms with Crippen LogP contribution >= 0.6 is 11.3 Å². The third-order valence-corrected chi connectivity index (χ3v) is 13.1. The van der Waals surface area contributed by atoms with Gasteiger partial charge in [-0.1, -0.05) is 55.4 Å². The topological polar surface area (TPSA) is 199 Å². The molecule has 2 aromatic carbocycles. The number of aromatic nitrogens is 7. The number of aliphatic hydroxyl groups is 1. The average molecular weight is 853 g/mol. The molecule has 0 unspecified atom stereocenters. The SMILES string of the molecule is Cc1ncsc1-c1ccc([C@H](C)NC(=O)[C@@H]2C[C@@H](O)CN2C(=O)[C@H](c2cc(-c3cnc(N4CCC(c5cc6nnc(-c7ccccc7O)cc6[nH]5)CC4)nc3)no2)C(C)C)cc1. The zero-order valence-corrected chi connectivity index (χ0v) is 35.7. The van der Waals surface area contributed by atoms with Gasteiger partial charge in [0.05, 0.1) is 39.4 Å². The Labute approximate surface area is 362 Å². The zero-order chi connectivity index (χ0) is 43.1. The van der Waals surface area contributed by atoms with Crippen molar-refractivity contribution in [2.45, 2.75) is 77.0 Å². The number of anilines is 1. The minimum absolute atomic E-state index is 0.0448. The van der Waals surface area contributed by atoms with Crippen LogP contribution in [0, 0.1) is 12.8 Å². The smallest absolute Gasteiger partial charge is 0.243 e. The van der Waals surface area contributed by atoms with E-state index in [1.165, 1.54) is 4.90 Å². The van der Waals surface area contributed by atoms with Gasteiger partial charge in [-0.05, 0) is 68.0 Å². The molecule has 318 valence electrons. The number of carbonyl (C=O) groups is 2. The maximum absolute atomic E-state index is 14.3. The van der Waals surface area contributed by atoms with Crippen molar-refractivity contribution >= 4 is 40.1 Å². The van der Waals surface area contributed by atoms with Crippen molar-refractivity contribution in [2.24, 2.45) is 5.92 Å². The molecule has 2 amide bonds. The number of aliphatic hydroxyl groups excluding tert-OH is 1. The summed E-state index contributed by atoms with van der Waals surface area (Å²) >= 11 is 1.59. The van der Waals surface area contributed by atoms with Crippen LogP contribution in [0.25, 0.3) is 44.0 Å². The molecule has 0 aliphatic carbocycles. The molecule has 5 aromatic heterocycles. The van der Waals surface area contributed by atoms with Crippen molar-refractivity contribution < 1.29 is 24.3 Å². The van der Waals surface area contributed by atoms with Gasteiger partial charge in [-0.15, -0.1) is 21.5 Å². The first-order valence-electron chi connectivity index (χ1n) is 21.0. The number of benzene rings is 2. The highest BCUT2D eigenvalue weighted by Gasteiger charge is 2.43. The quantitative estimate of drug-likeness (QED) is 0.102. The Morgan fingerprint density at radius 3 is 2.40 bits per heavy atom. The lowest BCUT2D eigenvalue weighted by Crippen LogP contribution is -2.48. The first-order chi connectivity index (χ1) is 30.0. The largest absolute Gasteiger partial charge is 0.507 e. The Hall–Kier alpha value is -6.52. The van der Waals surface area contributed by atoms with Crippen molar-refractivity contribution in [3.63, 3.8) is 0 Å². The van der Waals surface area contributed by atoms with Crippen molar-refractivity contribution in [1.29, 1.82) is 0 Å². The summed E-state index contributed by atoms with van der Waals surface area (Å²) < 4.78 is 5.82. The van der Waals surface area contributed by atoms with Crippen molar-refractivity contribution in [2.75, 3.05) is 24.5 Å². The van der Waals surface area contributed by atoms with Crippen LogP contribution in [0.5, 0.6) is 5.75 Å². The number of amides is 2. The predicted octanol–water partition coefficient (Wildman–Crippen LogP) is 7.17. The summed E-state index contributed by atoms with van der Waals surface area (Å²) in [5, 5.41) is 37.2. The number of carbonyl (C=O) groups excluding carboxylic acids is 2. The normalized spacial score (nSPS) is 18.1. The lowest BCUT2D eigenvalue weighted by Gasteiger charge is -2.31. The van der Waals surface area contributed by atoms with Gasteiger partial charge in [0.15, 0.2) is 0 Å². The van der Waals surface area contributed by atoms with Gasteiger partial charge in [0.1, 0.15) is 34.7 Å². The Bertz CT molecular complexity index is 2700. The summed E-state index contributed by atoms with van der Waals surface area (Å²) in [6.45, 7) is 9.32. The second kappa shape index (κ2) is 17.1. The van der Waals surface area contributed by atoms with Crippen LogP contribution in [-0.2, 0) is 9.59 Å². The van der Waals surface area contributed by atoms with E-state index >= 15 is 0 Å². The number of β-amino-alcohol motifs (C(OH)–C–C–N with tert-alkyl or cyclic N) is 1. The molecule has 0 spiro atoms. The fourth-order valence-electron chi connectivity index (χ4n) is 8.68. The Morgan fingerprint density at radius 2 is 1.69 bits per heavy atom. The molecule has 7 heterocycles. The zero-order valence-electron chi connectivity index (χ0n) is 34.9. The number of fused-ring (bicyclic) bond motifs is 1. The minimum atomic E-state index is -0.838. The highest BCUT2D eigenvalue weighted by molar-refractivity contribution is 7.13. The lowest BCUT2D eigenvalue weighted by atomic mass is 9.91. The molecule has 0 radical (unpaired) electrons. The van der Waals surface area contributed by atoms with Crippen LogP contribution in [0.4, 0.5) is 5.95 Å². The number of thiazole rings is 1. The summed E-state index contributed by atoms with van der Waals surface area (Å²) in [6.07, 6.45) is 4.53. The van der Waals surface area contributed by atoms with Gasteiger partial charge in [-0.2, -0.15) is 0 Å². The van der Waals surface area contributed by atoms with E-state index in [2.05, 4.69) is 51.6 Å². The van der Waals surface area contributed by atoms with Gasteiger partial charge in [-0.25, -0.2) is 15.0 Å². The van der Waals surface area contributed by atoms with Gasteiger partial charge in [0.25, 0.3) is 0 Å². The lowest BCUT2D eigenvalue weighted by molar-refractivity contribution is -0.141. The molecule has 2 saturated heterocycles. The van der Waals surface area contributed by atoms with E-state index in [-0.39, 0.29) is 42.5 Å². The van der Waals surface area contributed by atoms with Gasteiger partial charge in [0, 0.05) is 67.3 Å². The first kappa shape index (κ1) is 40.9. The molecule has 16 heteroatoms. The highest BCUT2D eigenvalue weighted by Crippen LogP contribution is 2.36. The number of hydrogen-bond acceptors (Lipinski definition) is 13. The molecule has 2 fully saturated rings. The molecule has 4 atom stereocenters. The van der Waals surface area contributed by atoms with E-state index < -0.39 is 18.1 Å². The van der Waals surface area contributed by atoms with Crippen LogP contribution < -0.4 is 10.2 Å². The number of nitrogens with one attached hydrogen (secondary N) is 2. The number of aryl methyl sites for hydroxylation is 1. The van der Waals surface area contributed by atoms with E-state index in [0.29, 0.717) is 40.1 Å². The summed E-state index contributed by atoms with van der Waals surface area (Å²) in [5.74, 6) is -0.0881. The Kier molecular flexibility index (Phi) is 11.3. The number of aromatic hydroxyl groups is 1. The molecule has 9 rings (SSSR count). The number of H-pyrrole nitrogens is 1. The summed E-state index contributed by atoms with van der Waals surface area (Å²) in [4.78, 5) is 50.0. The standard InChI is InChI=1S/C46H48N10O5S/c1-25(2)42(45(60)56-23-32(57)17-39(56)44(59)50-26(3)28-9-11-30(12-10-28)43-27(4)49-24-62-43)41-20-35(54-61-41)31-21-47-46(48-22-31)55-15-13-29(14-16-55)34-18-38-37(51-34)19-36(52-53-38)33-7-5-6-8-40(33)58/h5-12,18-22,24-26,29,32,39,42,51,57-58H,13-17,23H2,1-4H3,(H,50,59)/t26-,32+,39-,42-/m0/s1. The summed E-state index contributed by atoms with van der Waals surface area (Å²) in [7, 11) is 0. The average Bonchev–Trinajstić information content (AvgIpc) is 4.11. The maximum atomic E-state index is 14.3. The first-order valence-corrected chi connectivity index (χ1v) is 21.9. The van der Waals surface area contributed by atoms with E-state index in [1.54, 1.807) is 41.9 Å². The van der Waals surface area contributed by atoms with Gasteiger partial charge in [0.2, 0.25) is 17.8 Å².